The summed E-state index contributed by atoms with van der Waals surface area (Å²) in [7, 11) is 0. The van der Waals surface area contributed by atoms with Crippen LogP contribution in [-0.4, -0.2) is 21.4 Å². The molecule has 0 aliphatic carbocycles. The van der Waals surface area contributed by atoms with E-state index in [-0.39, 0.29) is 17.3 Å². The van der Waals surface area contributed by atoms with E-state index in [1.165, 1.54) is 11.9 Å². The summed E-state index contributed by atoms with van der Waals surface area (Å²) in [6.45, 7) is 6.62. The van der Waals surface area contributed by atoms with Crippen molar-refractivity contribution in [3.05, 3.63) is 46.3 Å². The molecule has 0 spiro atoms. The van der Waals surface area contributed by atoms with Crippen molar-refractivity contribution < 1.29 is 4.92 Å². The van der Waals surface area contributed by atoms with Gasteiger partial charge in [-0.2, -0.15) is 0 Å². The molecule has 2 N–H and O–H groups in total. The minimum Gasteiger partial charge on any atom is -0.364 e. The zero-order valence-corrected chi connectivity index (χ0v) is 12.8. The van der Waals surface area contributed by atoms with E-state index in [4.69, 9.17) is 0 Å². The number of aromatic nitrogens is 2. The molecule has 2 aromatic rings. The van der Waals surface area contributed by atoms with E-state index in [2.05, 4.69) is 34.4 Å². The maximum atomic E-state index is 11.3. The van der Waals surface area contributed by atoms with Gasteiger partial charge in [-0.05, 0) is 30.5 Å². The van der Waals surface area contributed by atoms with Gasteiger partial charge in [0.05, 0.1) is 4.92 Å². The van der Waals surface area contributed by atoms with Gasteiger partial charge in [0.15, 0.2) is 0 Å². The number of hydrogen-bond acceptors (Lipinski definition) is 6. The Morgan fingerprint density at radius 1 is 1.18 bits per heavy atom. The van der Waals surface area contributed by atoms with E-state index >= 15 is 0 Å². The quantitative estimate of drug-likeness (QED) is 0.624. The molecule has 0 saturated heterocycles. The Balaban J connectivity index is 2.32. The lowest BCUT2D eigenvalue weighted by atomic mass is 10.0. The molecule has 2 rings (SSSR count). The van der Waals surface area contributed by atoms with Crippen molar-refractivity contribution in [1.29, 1.82) is 0 Å². The van der Waals surface area contributed by atoms with E-state index in [1.807, 2.05) is 31.2 Å². The molecule has 116 valence electrons. The van der Waals surface area contributed by atoms with Crippen molar-refractivity contribution in [2.24, 2.45) is 0 Å². The van der Waals surface area contributed by atoms with Crippen LogP contribution >= 0.6 is 0 Å². The number of rotatable bonds is 6. The van der Waals surface area contributed by atoms with Crippen LogP contribution in [0.25, 0.3) is 0 Å². The first-order chi connectivity index (χ1) is 10.5. The predicted molar refractivity (Wildman–Crippen MR) is 86.7 cm³/mol. The second-order valence-corrected chi connectivity index (χ2v) is 5.11. The minimum atomic E-state index is -0.483. The number of anilines is 3. The normalized spacial score (nSPS) is 10.5. The Morgan fingerprint density at radius 2 is 1.82 bits per heavy atom. The van der Waals surface area contributed by atoms with Crippen molar-refractivity contribution in [1.82, 2.24) is 9.97 Å². The van der Waals surface area contributed by atoms with Crippen LogP contribution in [0, 0.1) is 10.1 Å². The lowest BCUT2D eigenvalue weighted by Crippen LogP contribution is -2.07. The average molecular weight is 301 g/mol. The van der Waals surface area contributed by atoms with Crippen molar-refractivity contribution in [3.8, 4) is 0 Å². The van der Waals surface area contributed by atoms with Crippen LogP contribution in [0.3, 0.4) is 0 Å². The summed E-state index contributed by atoms with van der Waals surface area (Å²) in [5, 5.41) is 17.2. The maximum absolute atomic E-state index is 11.3. The van der Waals surface area contributed by atoms with Gasteiger partial charge in [0.1, 0.15) is 6.33 Å². The molecule has 7 heteroatoms. The highest BCUT2D eigenvalue weighted by atomic mass is 16.6. The van der Waals surface area contributed by atoms with Gasteiger partial charge in [-0.3, -0.25) is 10.1 Å². The number of nitro groups is 1. The molecule has 0 amide bonds. The minimum absolute atomic E-state index is 0.155. The van der Waals surface area contributed by atoms with E-state index in [0.29, 0.717) is 12.5 Å². The van der Waals surface area contributed by atoms with E-state index in [9.17, 15) is 10.1 Å². The van der Waals surface area contributed by atoms with E-state index in [0.717, 1.165) is 5.69 Å². The third kappa shape index (κ3) is 3.49. The monoisotopic (exact) mass is 301 g/mol. The molecule has 0 aliphatic heterocycles. The van der Waals surface area contributed by atoms with Crippen LogP contribution < -0.4 is 10.6 Å². The van der Waals surface area contributed by atoms with Crippen LogP contribution in [-0.2, 0) is 0 Å². The van der Waals surface area contributed by atoms with Crippen LogP contribution in [0.15, 0.2) is 30.6 Å². The van der Waals surface area contributed by atoms with Gasteiger partial charge in [-0.1, -0.05) is 26.0 Å². The molecular weight excluding hydrogens is 282 g/mol. The van der Waals surface area contributed by atoms with Crippen LogP contribution in [0.4, 0.5) is 23.0 Å². The molecule has 7 nitrogen and oxygen atoms in total. The second kappa shape index (κ2) is 6.84. The highest BCUT2D eigenvalue weighted by Crippen LogP contribution is 2.31. The smallest absolute Gasteiger partial charge is 0.353 e. The van der Waals surface area contributed by atoms with Crippen molar-refractivity contribution in [2.75, 3.05) is 17.2 Å². The summed E-state index contributed by atoms with van der Waals surface area (Å²) in [5.74, 6) is 0.819. The fourth-order valence-electron chi connectivity index (χ4n) is 2.03. The Kier molecular flexibility index (Phi) is 4.88. The molecule has 1 aromatic carbocycles. The standard InChI is InChI=1S/C15H19N5O2/c1-4-16-14-13(20(21)22)15(18-9-17-14)19-12-7-5-11(6-8-12)10(2)3/h5-10H,4H2,1-3H3,(H2,16,17,18,19). The Morgan fingerprint density at radius 3 is 2.36 bits per heavy atom. The second-order valence-electron chi connectivity index (χ2n) is 5.11. The van der Waals surface area contributed by atoms with Crippen molar-refractivity contribution in [2.45, 2.75) is 26.7 Å². The molecule has 1 aromatic heterocycles. The Bertz CT molecular complexity index is 655. The zero-order chi connectivity index (χ0) is 16.1. The summed E-state index contributed by atoms with van der Waals surface area (Å²) in [5.41, 5.74) is 1.79. The van der Waals surface area contributed by atoms with E-state index < -0.39 is 4.92 Å². The van der Waals surface area contributed by atoms with E-state index in [1.54, 1.807) is 0 Å². The molecule has 0 atom stereocenters. The average Bonchev–Trinajstić information content (AvgIpc) is 2.48. The first kappa shape index (κ1) is 15.7. The summed E-state index contributed by atoms with van der Waals surface area (Å²) in [6, 6.07) is 7.75. The fourth-order valence-corrected chi connectivity index (χ4v) is 2.03. The predicted octanol–water partition coefficient (Wildman–Crippen LogP) is 3.68. The lowest BCUT2D eigenvalue weighted by Gasteiger charge is -2.10. The molecule has 0 bridgehead atoms. The third-order valence-corrected chi connectivity index (χ3v) is 3.19. The largest absolute Gasteiger partial charge is 0.364 e. The molecule has 0 aliphatic rings. The maximum Gasteiger partial charge on any atom is 0.353 e. The van der Waals surface area contributed by atoms with Gasteiger partial charge < -0.3 is 10.6 Å². The van der Waals surface area contributed by atoms with Gasteiger partial charge >= 0.3 is 5.69 Å². The number of hydrogen-bond donors (Lipinski definition) is 2. The Labute approximate surface area is 129 Å². The molecule has 1 heterocycles. The van der Waals surface area contributed by atoms with Crippen LogP contribution in [0.5, 0.6) is 0 Å². The first-order valence-corrected chi connectivity index (χ1v) is 7.13. The molecule has 0 fully saturated rings. The summed E-state index contributed by atoms with van der Waals surface area (Å²) >= 11 is 0. The third-order valence-electron chi connectivity index (χ3n) is 3.19. The highest BCUT2D eigenvalue weighted by molar-refractivity contribution is 5.73. The fraction of sp³-hybridized carbons (Fsp3) is 0.333. The van der Waals surface area contributed by atoms with Crippen molar-refractivity contribution >= 4 is 23.0 Å². The number of benzene rings is 1. The molecule has 22 heavy (non-hydrogen) atoms. The SMILES string of the molecule is CCNc1ncnc(Nc2ccc(C(C)C)cc2)c1[N+](=O)[O-]. The van der Waals surface area contributed by atoms with Gasteiger partial charge in [-0.25, -0.2) is 9.97 Å². The lowest BCUT2D eigenvalue weighted by molar-refractivity contribution is -0.383. The molecular formula is C15H19N5O2. The zero-order valence-electron chi connectivity index (χ0n) is 12.8. The molecule has 0 unspecified atom stereocenters. The van der Waals surface area contributed by atoms with Gasteiger partial charge in [0, 0.05) is 12.2 Å². The van der Waals surface area contributed by atoms with Crippen LogP contribution in [0.1, 0.15) is 32.3 Å². The first-order valence-electron chi connectivity index (χ1n) is 7.13. The molecule has 0 saturated carbocycles. The Hall–Kier alpha value is -2.70. The summed E-state index contributed by atoms with van der Waals surface area (Å²) < 4.78 is 0. The number of nitrogens with one attached hydrogen (secondary N) is 2. The number of nitrogens with zero attached hydrogens (tertiary/aromatic N) is 3. The highest BCUT2D eigenvalue weighted by Gasteiger charge is 2.22. The van der Waals surface area contributed by atoms with Gasteiger partial charge in [-0.15, -0.1) is 0 Å². The summed E-state index contributed by atoms with van der Waals surface area (Å²) in [4.78, 5) is 18.7. The topological polar surface area (TPSA) is 93.0 Å². The summed E-state index contributed by atoms with van der Waals surface area (Å²) in [6.07, 6.45) is 1.30. The van der Waals surface area contributed by atoms with Crippen LogP contribution in [0.2, 0.25) is 0 Å². The van der Waals surface area contributed by atoms with Crippen molar-refractivity contribution in [3.63, 3.8) is 0 Å². The van der Waals surface area contributed by atoms with Gasteiger partial charge in [0.2, 0.25) is 11.6 Å². The molecule has 0 radical (unpaired) electrons. The van der Waals surface area contributed by atoms with Gasteiger partial charge in [0.25, 0.3) is 0 Å².